The molecule has 0 saturated heterocycles. The molecule has 0 radical (unpaired) electrons. The lowest BCUT2D eigenvalue weighted by Crippen LogP contribution is -2.28. The molecule has 13 heteroatoms. The van der Waals surface area contributed by atoms with Gasteiger partial charge in [-0.2, -0.15) is 26.3 Å². The number of nitrogens with zero attached hydrogens (tertiary/aromatic N) is 2. The van der Waals surface area contributed by atoms with E-state index in [1.165, 1.54) is 44.6 Å². The molecule has 5 N–H and O–H groups in total. The van der Waals surface area contributed by atoms with Crippen molar-refractivity contribution in [2.24, 2.45) is 5.73 Å². The highest BCUT2D eigenvalue weighted by atomic mass is 19.4. The summed E-state index contributed by atoms with van der Waals surface area (Å²) < 4.78 is 89.8. The van der Waals surface area contributed by atoms with Gasteiger partial charge >= 0.3 is 12.4 Å². The number of hydrogen-bond acceptors (Lipinski definition) is 6. The molecule has 0 spiro atoms. The third-order valence-electron chi connectivity index (χ3n) is 9.11. The molecule has 0 aliphatic carbocycles. The molecule has 0 fully saturated rings. The summed E-state index contributed by atoms with van der Waals surface area (Å²) >= 11 is 0. The van der Waals surface area contributed by atoms with Gasteiger partial charge in [-0.25, -0.2) is 4.98 Å². The minimum absolute atomic E-state index is 0.00563. The molecule has 0 bridgehead atoms. The monoisotopic (exact) mass is 800 g/mol. The Morgan fingerprint density at radius 3 is 2.05 bits per heavy atom. The highest BCUT2D eigenvalue weighted by Gasteiger charge is 2.37. The van der Waals surface area contributed by atoms with Crippen LogP contribution in [0.5, 0.6) is 11.5 Å². The number of aliphatic hydroxyl groups excluding tert-OH is 1. The molecule has 1 heterocycles. The van der Waals surface area contributed by atoms with Crippen LogP contribution < -0.4 is 15.8 Å². The molecule has 0 amide bonds. The number of hydrogen-bond donors (Lipinski definition) is 4. The maximum Gasteiger partial charge on any atom is 0.416 e. The highest BCUT2D eigenvalue weighted by Crippen LogP contribution is 2.39. The molecular weight excluding hydrogens is 746 g/mol. The fourth-order valence-electron chi connectivity index (χ4n) is 6.01. The SMILES string of the molecule is C=CC=C(C=CCC(O)NCCCCCCCCCCN)Cn1c(C(=C)C=C(C=C(C)C(F)(F)F)C(F)(F)F)nc(-c2ccc(O)cc2)c1-c1ccc(OC)cc1. The number of phenolic OH excluding ortho intramolecular Hbond substituents is 1. The molecule has 0 saturated carbocycles. The molecule has 1 aromatic heterocycles. The maximum absolute atomic E-state index is 14.2. The van der Waals surface area contributed by atoms with Crippen LogP contribution in [-0.2, 0) is 6.54 Å². The zero-order valence-electron chi connectivity index (χ0n) is 32.6. The van der Waals surface area contributed by atoms with Gasteiger partial charge in [0.05, 0.1) is 24.1 Å². The van der Waals surface area contributed by atoms with Crippen LogP contribution in [0.2, 0.25) is 0 Å². The lowest BCUT2D eigenvalue weighted by Gasteiger charge is -2.16. The Morgan fingerprint density at radius 2 is 1.49 bits per heavy atom. The van der Waals surface area contributed by atoms with E-state index in [0.29, 0.717) is 53.4 Å². The van der Waals surface area contributed by atoms with Crippen LogP contribution >= 0.6 is 0 Å². The molecule has 3 aromatic rings. The lowest BCUT2D eigenvalue weighted by molar-refractivity contribution is -0.0953. The summed E-state index contributed by atoms with van der Waals surface area (Å²) in [6.07, 6.45) is 5.54. The maximum atomic E-state index is 14.2. The normalized spacial score (nSPS) is 13.7. The molecule has 1 unspecified atom stereocenters. The molecule has 3 rings (SSSR count). The second kappa shape index (κ2) is 22.8. The van der Waals surface area contributed by atoms with Crippen molar-refractivity contribution in [2.75, 3.05) is 20.2 Å². The summed E-state index contributed by atoms with van der Waals surface area (Å²) in [6.45, 7) is 9.63. The van der Waals surface area contributed by atoms with Gasteiger partial charge in [-0.15, -0.1) is 0 Å². The number of benzene rings is 2. The zero-order valence-corrected chi connectivity index (χ0v) is 32.6. The third kappa shape index (κ3) is 15.2. The fourth-order valence-corrected chi connectivity index (χ4v) is 6.01. The van der Waals surface area contributed by atoms with Gasteiger partial charge in [0.15, 0.2) is 0 Å². The smallest absolute Gasteiger partial charge is 0.416 e. The van der Waals surface area contributed by atoms with E-state index >= 15 is 0 Å². The van der Waals surface area contributed by atoms with Crippen molar-refractivity contribution in [3.63, 3.8) is 0 Å². The van der Waals surface area contributed by atoms with Crippen LogP contribution in [0.4, 0.5) is 26.3 Å². The summed E-state index contributed by atoms with van der Waals surface area (Å²) in [5.41, 5.74) is 4.72. The van der Waals surface area contributed by atoms with E-state index in [9.17, 15) is 36.6 Å². The number of unbranched alkanes of at least 4 members (excludes halogenated alkanes) is 7. The van der Waals surface area contributed by atoms with Crippen LogP contribution in [0.15, 0.2) is 115 Å². The summed E-state index contributed by atoms with van der Waals surface area (Å²) in [4.78, 5) is 4.75. The van der Waals surface area contributed by atoms with E-state index < -0.39 is 29.7 Å². The topological polar surface area (TPSA) is 106 Å². The first-order chi connectivity index (χ1) is 27.1. The number of rotatable bonds is 23. The molecular formula is C44H54F6N4O3. The van der Waals surface area contributed by atoms with Crippen LogP contribution in [-0.4, -0.2) is 58.5 Å². The van der Waals surface area contributed by atoms with Gasteiger partial charge in [0.1, 0.15) is 23.6 Å². The number of aliphatic hydroxyl groups is 1. The largest absolute Gasteiger partial charge is 0.508 e. The van der Waals surface area contributed by atoms with Crippen molar-refractivity contribution in [1.82, 2.24) is 14.9 Å². The van der Waals surface area contributed by atoms with Crippen molar-refractivity contribution in [1.29, 1.82) is 0 Å². The lowest BCUT2D eigenvalue weighted by atomic mass is 10.0. The van der Waals surface area contributed by atoms with Crippen molar-refractivity contribution >= 4 is 5.57 Å². The van der Waals surface area contributed by atoms with E-state index in [1.54, 1.807) is 59.2 Å². The Balaban J connectivity index is 2.02. The summed E-state index contributed by atoms with van der Waals surface area (Å²) in [5, 5.41) is 23.8. The molecule has 2 aromatic carbocycles. The van der Waals surface area contributed by atoms with Gasteiger partial charge in [0, 0.05) is 35.2 Å². The number of alkyl halides is 6. The highest BCUT2D eigenvalue weighted by molar-refractivity contribution is 5.83. The molecule has 310 valence electrons. The van der Waals surface area contributed by atoms with Gasteiger partial charge in [-0.1, -0.05) is 76.0 Å². The number of methoxy groups -OCH3 is 1. The number of aromatic hydroxyl groups is 1. The van der Waals surface area contributed by atoms with Gasteiger partial charge in [-0.3, -0.25) is 5.32 Å². The Bertz CT molecular complexity index is 1850. The van der Waals surface area contributed by atoms with Crippen molar-refractivity contribution < 1.29 is 41.3 Å². The number of nitrogens with two attached hydrogens (primary N) is 1. The first-order valence-electron chi connectivity index (χ1n) is 19.0. The van der Waals surface area contributed by atoms with Crippen molar-refractivity contribution in [3.05, 3.63) is 121 Å². The van der Waals surface area contributed by atoms with Crippen LogP contribution in [0.1, 0.15) is 70.5 Å². The third-order valence-corrected chi connectivity index (χ3v) is 9.11. The second-order valence-electron chi connectivity index (χ2n) is 13.6. The molecule has 7 nitrogen and oxygen atoms in total. The van der Waals surface area contributed by atoms with E-state index in [4.69, 9.17) is 15.5 Å². The number of aromatic nitrogens is 2. The van der Waals surface area contributed by atoms with Crippen LogP contribution in [0.3, 0.4) is 0 Å². The van der Waals surface area contributed by atoms with E-state index in [2.05, 4.69) is 18.5 Å². The molecule has 57 heavy (non-hydrogen) atoms. The number of allylic oxidation sites excluding steroid dienone is 9. The fraction of sp³-hybridized carbons (Fsp3) is 0.386. The standard InChI is InChI=1S/C44H54F6N4O3/c1-5-15-33(16-14-17-39(56)52-27-13-11-9-7-6-8-10-12-26-51)30-54-41(35-20-24-38(57-4)25-21-35)40(34-18-22-37(55)23-19-34)53-42(54)31(2)28-36(44(48,49)50)29-32(3)43(45,46)47/h5,14-16,18-25,28-29,39,52,55-56H,1-2,6-13,17,26-27,30,51H2,3-4H3. The minimum atomic E-state index is -5.15. The number of phenols is 1. The zero-order chi connectivity index (χ0) is 42.0. The quantitative estimate of drug-likeness (QED) is 0.0329. The van der Waals surface area contributed by atoms with Crippen LogP contribution in [0, 0.1) is 0 Å². The summed E-state index contributed by atoms with van der Waals surface area (Å²) in [6, 6.07) is 12.9. The first kappa shape index (κ1) is 46.5. The molecule has 0 aliphatic rings. The predicted molar refractivity (Wildman–Crippen MR) is 216 cm³/mol. The van der Waals surface area contributed by atoms with Crippen LogP contribution in [0.25, 0.3) is 28.1 Å². The van der Waals surface area contributed by atoms with Gasteiger partial charge in [-0.05, 0) is 99.1 Å². The van der Waals surface area contributed by atoms with E-state index in [0.717, 1.165) is 38.6 Å². The minimum Gasteiger partial charge on any atom is -0.508 e. The average Bonchev–Trinajstić information content (AvgIpc) is 3.53. The summed E-state index contributed by atoms with van der Waals surface area (Å²) in [7, 11) is 1.50. The van der Waals surface area contributed by atoms with Gasteiger partial charge in [0.25, 0.3) is 0 Å². The Hall–Kier alpha value is -4.85. The second-order valence-corrected chi connectivity index (χ2v) is 13.6. The van der Waals surface area contributed by atoms with E-state index in [-0.39, 0.29) is 36.2 Å². The Labute approximate surface area is 331 Å². The first-order valence-corrected chi connectivity index (χ1v) is 19.0. The van der Waals surface area contributed by atoms with Gasteiger partial charge in [0.2, 0.25) is 0 Å². The number of imidazole rings is 1. The van der Waals surface area contributed by atoms with Crippen molar-refractivity contribution in [3.8, 4) is 34.0 Å². The summed E-state index contributed by atoms with van der Waals surface area (Å²) in [5.74, 6) is 0.465. The van der Waals surface area contributed by atoms with Gasteiger partial charge < -0.3 is 25.3 Å². The van der Waals surface area contributed by atoms with Crippen molar-refractivity contribution in [2.45, 2.75) is 89.8 Å². The number of halogens is 6. The Morgan fingerprint density at radius 1 is 0.895 bits per heavy atom. The Kier molecular flexibility index (Phi) is 18.6. The number of nitrogens with one attached hydrogen (secondary N) is 1. The number of ether oxygens (including phenoxy) is 1. The van der Waals surface area contributed by atoms with E-state index in [1.807, 2.05) is 0 Å². The molecule has 1 atom stereocenters. The average molecular weight is 801 g/mol. The predicted octanol–water partition coefficient (Wildman–Crippen LogP) is 11.0. The molecule has 0 aliphatic heterocycles.